The van der Waals surface area contributed by atoms with Crippen molar-refractivity contribution in [2.24, 2.45) is 11.7 Å². The van der Waals surface area contributed by atoms with Gasteiger partial charge < -0.3 is 11.1 Å². The number of amides is 1. The van der Waals surface area contributed by atoms with Crippen LogP contribution in [0.1, 0.15) is 19.3 Å². The van der Waals surface area contributed by atoms with Crippen molar-refractivity contribution in [2.45, 2.75) is 19.3 Å². The highest BCUT2D eigenvalue weighted by Gasteiger charge is 2.19. The Kier molecular flexibility index (Phi) is 3.22. The lowest BCUT2D eigenvalue weighted by molar-refractivity contribution is -0.136. The molecule has 0 saturated carbocycles. The van der Waals surface area contributed by atoms with E-state index < -0.39 is 11.7 Å². The van der Waals surface area contributed by atoms with Gasteiger partial charge in [-0.15, -0.1) is 0 Å². The van der Waals surface area contributed by atoms with Crippen molar-refractivity contribution < 1.29 is 9.59 Å². The number of piperidine rings is 1. The van der Waals surface area contributed by atoms with E-state index in [1.54, 1.807) is 0 Å². The Balaban J connectivity index is 2.29. The molecule has 0 aromatic rings. The zero-order valence-electron chi connectivity index (χ0n) is 7.01. The third-order valence-corrected chi connectivity index (χ3v) is 2.15. The lowest BCUT2D eigenvalue weighted by Crippen LogP contribution is -2.33. The second-order valence-corrected chi connectivity index (χ2v) is 3.20. The molecule has 1 heterocycles. The molecule has 3 N–H and O–H groups in total. The van der Waals surface area contributed by atoms with Crippen LogP contribution in [0.5, 0.6) is 0 Å². The van der Waals surface area contributed by atoms with Crippen LogP contribution in [0.25, 0.3) is 0 Å². The molecule has 1 rings (SSSR count). The summed E-state index contributed by atoms with van der Waals surface area (Å²) in [4.78, 5) is 21.3. The Labute approximate surface area is 71.5 Å². The lowest BCUT2D eigenvalue weighted by atomic mass is 9.94. The molecular formula is C8H14N2O2. The van der Waals surface area contributed by atoms with Gasteiger partial charge in [0.15, 0.2) is 0 Å². The van der Waals surface area contributed by atoms with Crippen LogP contribution in [-0.4, -0.2) is 24.8 Å². The number of rotatable bonds is 3. The van der Waals surface area contributed by atoms with Gasteiger partial charge in [0.05, 0.1) is 0 Å². The molecule has 0 aromatic carbocycles. The van der Waals surface area contributed by atoms with Gasteiger partial charge in [-0.3, -0.25) is 9.59 Å². The Morgan fingerprint density at radius 3 is 2.75 bits per heavy atom. The summed E-state index contributed by atoms with van der Waals surface area (Å²) in [7, 11) is 0. The summed E-state index contributed by atoms with van der Waals surface area (Å²) in [6, 6.07) is 0. The topological polar surface area (TPSA) is 72.2 Å². The molecule has 1 unspecified atom stereocenters. The van der Waals surface area contributed by atoms with Crippen LogP contribution in [0, 0.1) is 5.92 Å². The van der Waals surface area contributed by atoms with Gasteiger partial charge in [0, 0.05) is 6.42 Å². The van der Waals surface area contributed by atoms with Crippen LogP contribution in [0.15, 0.2) is 0 Å². The lowest BCUT2D eigenvalue weighted by Gasteiger charge is -2.21. The van der Waals surface area contributed by atoms with Gasteiger partial charge in [0.2, 0.25) is 5.78 Å². The van der Waals surface area contributed by atoms with Crippen LogP contribution in [0.2, 0.25) is 0 Å². The van der Waals surface area contributed by atoms with Crippen LogP contribution in [0.4, 0.5) is 0 Å². The van der Waals surface area contributed by atoms with E-state index in [0.29, 0.717) is 12.3 Å². The predicted octanol–water partition coefficient (Wildman–Crippen LogP) is -0.570. The smallest absolute Gasteiger partial charge is 0.284 e. The summed E-state index contributed by atoms with van der Waals surface area (Å²) in [6.45, 7) is 1.85. The van der Waals surface area contributed by atoms with E-state index in [0.717, 1.165) is 25.9 Å². The SMILES string of the molecule is NC(=O)C(=O)CC1CCCNC1. The van der Waals surface area contributed by atoms with Crippen LogP contribution < -0.4 is 11.1 Å². The second kappa shape index (κ2) is 4.21. The van der Waals surface area contributed by atoms with E-state index in [-0.39, 0.29) is 0 Å². The van der Waals surface area contributed by atoms with Gasteiger partial charge in [-0.05, 0) is 31.8 Å². The summed E-state index contributed by atoms with van der Waals surface area (Å²) in [5.74, 6) is -0.942. The molecule has 0 radical (unpaired) electrons. The molecule has 1 amide bonds. The molecule has 1 saturated heterocycles. The predicted molar refractivity (Wildman–Crippen MR) is 44.4 cm³/mol. The van der Waals surface area contributed by atoms with Crippen molar-refractivity contribution in [3.63, 3.8) is 0 Å². The van der Waals surface area contributed by atoms with Gasteiger partial charge in [-0.2, -0.15) is 0 Å². The molecule has 68 valence electrons. The average Bonchev–Trinajstić information content (AvgIpc) is 2.06. The molecule has 12 heavy (non-hydrogen) atoms. The summed E-state index contributed by atoms with van der Waals surface area (Å²) in [5, 5.41) is 3.17. The fourth-order valence-corrected chi connectivity index (χ4v) is 1.46. The standard InChI is InChI=1S/C8H14N2O2/c9-8(12)7(11)4-6-2-1-3-10-5-6/h6,10H,1-5H2,(H2,9,12). The van der Waals surface area contributed by atoms with E-state index in [1.165, 1.54) is 0 Å². The molecule has 1 atom stereocenters. The minimum atomic E-state index is -0.805. The van der Waals surface area contributed by atoms with Crippen molar-refractivity contribution in [1.82, 2.24) is 5.32 Å². The number of carbonyl (C=O) groups is 2. The van der Waals surface area contributed by atoms with Crippen molar-refractivity contribution in [1.29, 1.82) is 0 Å². The molecule has 0 aromatic heterocycles. The quantitative estimate of drug-likeness (QED) is 0.557. The second-order valence-electron chi connectivity index (χ2n) is 3.20. The minimum absolute atomic E-state index is 0.304. The van der Waals surface area contributed by atoms with Crippen LogP contribution in [-0.2, 0) is 9.59 Å². The molecule has 1 fully saturated rings. The Morgan fingerprint density at radius 1 is 1.50 bits per heavy atom. The van der Waals surface area contributed by atoms with Gasteiger partial charge in [0.1, 0.15) is 0 Å². The van der Waals surface area contributed by atoms with E-state index in [2.05, 4.69) is 5.32 Å². The molecule has 0 spiro atoms. The number of primary amides is 1. The highest BCUT2D eigenvalue weighted by Crippen LogP contribution is 2.13. The van der Waals surface area contributed by atoms with Crippen molar-refractivity contribution >= 4 is 11.7 Å². The third kappa shape index (κ3) is 2.62. The molecule has 1 aliphatic rings. The van der Waals surface area contributed by atoms with Crippen LogP contribution in [0.3, 0.4) is 0 Å². The first-order chi connectivity index (χ1) is 5.70. The molecule has 1 aliphatic heterocycles. The molecule has 4 nitrogen and oxygen atoms in total. The maximum absolute atomic E-state index is 10.9. The third-order valence-electron chi connectivity index (χ3n) is 2.15. The average molecular weight is 170 g/mol. The van der Waals surface area contributed by atoms with Crippen molar-refractivity contribution in [3.8, 4) is 0 Å². The number of carbonyl (C=O) groups excluding carboxylic acids is 2. The first-order valence-corrected chi connectivity index (χ1v) is 4.23. The maximum Gasteiger partial charge on any atom is 0.284 e. The van der Waals surface area contributed by atoms with Gasteiger partial charge in [-0.25, -0.2) is 0 Å². The maximum atomic E-state index is 10.9. The first-order valence-electron chi connectivity index (χ1n) is 4.23. The van der Waals surface area contributed by atoms with Crippen LogP contribution >= 0.6 is 0 Å². The molecule has 0 bridgehead atoms. The Hall–Kier alpha value is -0.900. The molecule has 0 aliphatic carbocycles. The summed E-state index contributed by atoms with van der Waals surface area (Å²) in [5.41, 5.74) is 4.84. The fraction of sp³-hybridized carbons (Fsp3) is 0.750. The first kappa shape index (κ1) is 9.19. The van der Waals surface area contributed by atoms with Gasteiger partial charge in [0.25, 0.3) is 5.91 Å². The molecule has 4 heteroatoms. The van der Waals surface area contributed by atoms with Gasteiger partial charge >= 0.3 is 0 Å². The number of nitrogens with two attached hydrogens (primary N) is 1. The largest absolute Gasteiger partial charge is 0.363 e. The van der Waals surface area contributed by atoms with E-state index in [9.17, 15) is 9.59 Å². The fourth-order valence-electron chi connectivity index (χ4n) is 1.46. The highest BCUT2D eigenvalue weighted by molar-refractivity contribution is 6.35. The Bertz CT molecular complexity index is 185. The minimum Gasteiger partial charge on any atom is -0.363 e. The number of ketones is 1. The monoisotopic (exact) mass is 170 g/mol. The van der Waals surface area contributed by atoms with Crippen molar-refractivity contribution in [2.75, 3.05) is 13.1 Å². The summed E-state index contributed by atoms with van der Waals surface area (Å²) >= 11 is 0. The van der Waals surface area contributed by atoms with E-state index in [4.69, 9.17) is 5.73 Å². The number of Topliss-reactive ketones (excluding diaryl/α,β-unsaturated/α-hetero) is 1. The van der Waals surface area contributed by atoms with Gasteiger partial charge in [-0.1, -0.05) is 0 Å². The normalized spacial score (nSPS) is 23.5. The number of nitrogens with one attached hydrogen (secondary N) is 1. The Morgan fingerprint density at radius 2 is 2.25 bits per heavy atom. The highest BCUT2D eigenvalue weighted by atomic mass is 16.2. The zero-order valence-corrected chi connectivity index (χ0v) is 7.01. The van der Waals surface area contributed by atoms with E-state index in [1.807, 2.05) is 0 Å². The van der Waals surface area contributed by atoms with E-state index >= 15 is 0 Å². The zero-order chi connectivity index (χ0) is 8.97. The summed E-state index contributed by atoms with van der Waals surface area (Å²) < 4.78 is 0. The number of hydrogen-bond donors (Lipinski definition) is 2. The summed E-state index contributed by atoms with van der Waals surface area (Å²) in [6.07, 6.45) is 2.41. The van der Waals surface area contributed by atoms with Crippen molar-refractivity contribution in [3.05, 3.63) is 0 Å². The molecular weight excluding hydrogens is 156 g/mol. The number of hydrogen-bond acceptors (Lipinski definition) is 3.